The van der Waals surface area contributed by atoms with Gasteiger partial charge >= 0.3 is 0 Å². The van der Waals surface area contributed by atoms with Gasteiger partial charge < -0.3 is 14.4 Å². The van der Waals surface area contributed by atoms with Crippen LogP contribution in [0.2, 0.25) is 5.02 Å². The van der Waals surface area contributed by atoms with E-state index in [9.17, 15) is 13.8 Å². The van der Waals surface area contributed by atoms with Crippen LogP contribution in [0.15, 0.2) is 71.6 Å². The number of nitrogens with one attached hydrogen (secondary N) is 1. The van der Waals surface area contributed by atoms with Crippen molar-refractivity contribution in [3.8, 4) is 5.75 Å². The molecule has 2 aliphatic heterocycles. The Balaban J connectivity index is 1.15. The first kappa shape index (κ1) is 33.3. The van der Waals surface area contributed by atoms with E-state index >= 15 is 0 Å². The van der Waals surface area contributed by atoms with E-state index in [1.54, 1.807) is 25.6 Å². The molecule has 2 amide bonds. The fourth-order valence-corrected chi connectivity index (χ4v) is 10.5. The van der Waals surface area contributed by atoms with Crippen molar-refractivity contribution in [1.29, 1.82) is 0 Å². The van der Waals surface area contributed by atoms with Crippen LogP contribution < -0.4 is 14.4 Å². The third-order valence-corrected chi connectivity index (χ3v) is 13.5. The SMILES string of the molecule is CO[C@H]1/C=C/CCC[S@@](=O)(NC(=O)CCc2cncnc2)=NC(=O)c2ccc3c(c2)N(C[C@@]2(CCCc4cc(Cl)ccc42)CO3)C[C@@]23CC2[C@@H]13. The number of carbonyl (C=O) groups excluding carboxylic acids is 2. The van der Waals surface area contributed by atoms with Crippen molar-refractivity contribution < 1.29 is 23.3 Å². The summed E-state index contributed by atoms with van der Waals surface area (Å²) >= 11 is 6.45. The molecule has 2 fully saturated rings. The van der Waals surface area contributed by atoms with Crippen molar-refractivity contribution in [1.82, 2.24) is 14.7 Å². The number of hydrogen-bond donors (Lipinski definition) is 1. The highest BCUT2D eigenvalue weighted by Crippen LogP contribution is 2.81. The van der Waals surface area contributed by atoms with Crippen molar-refractivity contribution in [2.75, 3.05) is 37.5 Å². The molecule has 0 radical (unpaired) electrons. The topological polar surface area (TPSA) is 123 Å². The van der Waals surface area contributed by atoms with Gasteiger partial charge in [-0.1, -0.05) is 29.8 Å². The number of aryl methyl sites for hydroxylation is 2. The van der Waals surface area contributed by atoms with Gasteiger partial charge in [0.05, 0.1) is 24.2 Å². The van der Waals surface area contributed by atoms with Gasteiger partial charge in [0.2, 0.25) is 5.91 Å². The largest absolute Gasteiger partial charge is 0.490 e. The first-order valence-corrected chi connectivity index (χ1v) is 19.6. The number of ether oxygens (including phenoxy) is 2. The summed E-state index contributed by atoms with van der Waals surface area (Å²) in [6.07, 6.45) is 14.6. The number of fused-ring (bicyclic) bond motifs is 4. The molecule has 3 heterocycles. The molecule has 2 saturated carbocycles. The van der Waals surface area contributed by atoms with Gasteiger partial charge in [-0.2, -0.15) is 0 Å². The number of carbonyl (C=O) groups is 2. The summed E-state index contributed by atoms with van der Waals surface area (Å²) in [4.78, 5) is 37.3. The van der Waals surface area contributed by atoms with Crippen molar-refractivity contribution >= 4 is 39.0 Å². The molecule has 1 unspecified atom stereocenters. The van der Waals surface area contributed by atoms with Crippen LogP contribution in [0.1, 0.15) is 65.6 Å². The molecule has 0 saturated heterocycles. The quantitative estimate of drug-likeness (QED) is 0.325. The Morgan fingerprint density at radius 2 is 2.02 bits per heavy atom. The maximum atomic E-state index is 14.2. The van der Waals surface area contributed by atoms with Crippen molar-refractivity contribution in [2.45, 2.75) is 62.9 Å². The summed E-state index contributed by atoms with van der Waals surface area (Å²) < 4.78 is 33.8. The van der Waals surface area contributed by atoms with E-state index in [-0.39, 0.29) is 29.1 Å². The molecule has 2 aromatic carbocycles. The Morgan fingerprint density at radius 1 is 1.16 bits per heavy atom. The summed E-state index contributed by atoms with van der Waals surface area (Å²) in [5.41, 5.74) is 4.39. The highest BCUT2D eigenvalue weighted by atomic mass is 35.5. The summed E-state index contributed by atoms with van der Waals surface area (Å²) in [6.45, 7) is 2.07. The van der Waals surface area contributed by atoms with Crippen LogP contribution in [0.3, 0.4) is 0 Å². The van der Waals surface area contributed by atoms with Crippen LogP contribution >= 0.6 is 11.6 Å². The lowest BCUT2D eigenvalue weighted by Crippen LogP contribution is -2.47. The second kappa shape index (κ2) is 13.1. The predicted molar refractivity (Wildman–Crippen MR) is 192 cm³/mol. The predicted octanol–water partition coefficient (Wildman–Crippen LogP) is 5.88. The van der Waals surface area contributed by atoms with E-state index in [1.165, 1.54) is 17.5 Å². The normalized spacial score (nSPS) is 31.9. The maximum Gasteiger partial charge on any atom is 0.286 e. The number of allylic oxidation sites excluding steroid dienone is 1. The van der Waals surface area contributed by atoms with Crippen molar-refractivity contribution in [3.63, 3.8) is 0 Å². The Morgan fingerprint density at radius 3 is 2.84 bits per heavy atom. The molecule has 8 rings (SSSR count). The van der Waals surface area contributed by atoms with Gasteiger partial charge in [-0.05, 0) is 109 Å². The van der Waals surface area contributed by atoms with E-state index in [2.05, 4.69) is 48.2 Å². The molecular weight excluding hydrogens is 674 g/mol. The number of aromatic nitrogens is 2. The Bertz CT molecular complexity index is 1980. The average molecular weight is 716 g/mol. The van der Waals surface area contributed by atoms with Gasteiger partial charge in [-0.3, -0.25) is 14.3 Å². The molecule has 2 bridgehead atoms. The number of halogens is 1. The fourth-order valence-electron chi connectivity index (χ4n) is 8.71. The number of rotatable bonds is 5. The van der Waals surface area contributed by atoms with Gasteiger partial charge in [-0.25, -0.2) is 14.2 Å². The molecular formula is C38H42ClN5O5S. The number of benzene rings is 2. The average Bonchev–Trinajstić information content (AvgIpc) is 3.99. The lowest BCUT2D eigenvalue weighted by atomic mass is 9.70. The van der Waals surface area contributed by atoms with E-state index in [0.717, 1.165) is 55.0 Å². The molecule has 3 aliphatic carbocycles. The summed E-state index contributed by atoms with van der Waals surface area (Å²) in [7, 11) is -1.65. The van der Waals surface area contributed by atoms with Crippen LogP contribution in [0, 0.1) is 17.3 Å². The van der Waals surface area contributed by atoms with Crippen LogP contribution in [0.5, 0.6) is 5.75 Å². The number of nitrogens with zero attached hydrogens (tertiary/aromatic N) is 4. The molecule has 3 aromatic rings. The van der Waals surface area contributed by atoms with Crippen molar-refractivity contribution in [3.05, 3.63) is 94.5 Å². The Hall–Kier alpha value is -3.80. The first-order chi connectivity index (χ1) is 24.2. The molecule has 1 aromatic heterocycles. The van der Waals surface area contributed by atoms with Crippen molar-refractivity contribution in [2.24, 2.45) is 21.6 Å². The maximum absolute atomic E-state index is 14.2. The number of methoxy groups -OCH3 is 1. The standard InChI is InChI=1S/C38H42ClN5O5S/c1-48-33-7-3-2-4-15-50(47,42-34(45)13-8-25-19-40-24-41-20-25)43-36(46)27-9-12-32-31(17-27)44(22-38-18-30(38)35(33)38)21-37(23-49-32)14-5-6-26-16-28(39)10-11-29(26)37/h3,7,9-12,16-17,19-20,24,30,33,35H,2,4-6,8,13-15,18,21-23H2,1H3,(H,42,43,45,46,47)/b7-3+/t30?,33-,35-,37-,38-,50+/m0/s1. The summed E-state index contributed by atoms with van der Waals surface area (Å²) in [6, 6.07) is 11.6. The molecule has 10 nitrogen and oxygen atoms in total. The monoisotopic (exact) mass is 715 g/mol. The Labute approximate surface area is 298 Å². The van der Waals surface area contributed by atoms with Gasteiger partial charge in [0.25, 0.3) is 5.91 Å². The van der Waals surface area contributed by atoms with E-state index in [1.807, 2.05) is 18.2 Å². The van der Waals surface area contributed by atoms with Gasteiger partial charge in [-0.15, -0.1) is 4.36 Å². The third kappa shape index (κ3) is 6.32. The second-order valence-corrected chi connectivity index (χ2v) is 17.1. The van der Waals surface area contributed by atoms with Gasteiger partial charge in [0, 0.05) is 55.0 Å². The number of hydrogen-bond acceptors (Lipinski definition) is 8. The zero-order valence-corrected chi connectivity index (χ0v) is 29.8. The molecule has 12 heteroatoms. The van der Waals surface area contributed by atoms with E-state index in [0.29, 0.717) is 49.0 Å². The highest BCUT2D eigenvalue weighted by Gasteiger charge is 2.80. The van der Waals surface area contributed by atoms with Gasteiger partial charge in [0.1, 0.15) is 22.0 Å². The minimum atomic E-state index is -3.42. The molecule has 262 valence electrons. The smallest absolute Gasteiger partial charge is 0.286 e. The molecule has 1 N–H and O–H groups in total. The lowest BCUT2D eigenvalue weighted by Gasteiger charge is -2.41. The minimum absolute atomic E-state index is 0.0144. The van der Waals surface area contributed by atoms with Crippen LogP contribution in [0.25, 0.3) is 0 Å². The minimum Gasteiger partial charge on any atom is -0.490 e. The lowest BCUT2D eigenvalue weighted by molar-refractivity contribution is -0.119. The zero-order chi connectivity index (χ0) is 34.5. The van der Waals surface area contributed by atoms with E-state index < -0.39 is 21.7 Å². The molecule has 6 atom stereocenters. The first-order valence-electron chi connectivity index (χ1n) is 17.5. The Kier molecular flexibility index (Phi) is 8.72. The summed E-state index contributed by atoms with van der Waals surface area (Å²) in [5.74, 6) is 0.691. The third-order valence-electron chi connectivity index (χ3n) is 11.4. The molecule has 2 spiro atoms. The summed E-state index contributed by atoms with van der Waals surface area (Å²) in [5, 5.41) is 0.744. The zero-order valence-electron chi connectivity index (χ0n) is 28.2. The molecule has 50 heavy (non-hydrogen) atoms. The van der Waals surface area contributed by atoms with Crippen LogP contribution in [-0.4, -0.2) is 64.7 Å². The molecule has 5 aliphatic rings. The highest BCUT2D eigenvalue weighted by molar-refractivity contribution is 7.92. The number of amides is 2. The van der Waals surface area contributed by atoms with E-state index in [4.69, 9.17) is 21.1 Å². The van der Waals surface area contributed by atoms with Crippen LogP contribution in [-0.2, 0) is 37.7 Å². The number of anilines is 1. The van der Waals surface area contributed by atoms with Crippen LogP contribution in [0.4, 0.5) is 5.69 Å². The van der Waals surface area contributed by atoms with Gasteiger partial charge in [0.15, 0.2) is 0 Å². The fraction of sp³-hybridized carbons (Fsp3) is 0.474. The second-order valence-electron chi connectivity index (χ2n) is 14.6.